The third-order valence-electron chi connectivity index (χ3n) is 1.95. The number of hydrazine groups is 2. The topological polar surface area (TPSA) is 9.72 Å². The van der Waals surface area contributed by atoms with E-state index in [9.17, 15) is 0 Å². The summed E-state index contributed by atoms with van der Waals surface area (Å²) in [4.78, 5) is 0. The SMILES string of the molecule is CN1[SiH2][SiH2][SiH2]N(C)N1C. The third kappa shape index (κ3) is 1.72. The van der Waals surface area contributed by atoms with Gasteiger partial charge in [0.05, 0.1) is 18.4 Å². The summed E-state index contributed by atoms with van der Waals surface area (Å²) in [5.41, 5.74) is 0. The van der Waals surface area contributed by atoms with Crippen molar-refractivity contribution in [3.8, 4) is 0 Å². The van der Waals surface area contributed by atoms with E-state index in [1.165, 1.54) is 0 Å². The van der Waals surface area contributed by atoms with Crippen LogP contribution in [-0.4, -0.2) is 62.6 Å². The lowest BCUT2D eigenvalue weighted by molar-refractivity contribution is -0.0285. The molecule has 1 saturated heterocycles. The Morgan fingerprint density at radius 2 is 1.33 bits per heavy atom. The molecule has 3 nitrogen and oxygen atoms in total. The lowest BCUT2D eigenvalue weighted by atomic mass is 11.2. The van der Waals surface area contributed by atoms with Crippen LogP contribution in [0.5, 0.6) is 0 Å². The van der Waals surface area contributed by atoms with Gasteiger partial charge in [0.1, 0.15) is 0 Å². The van der Waals surface area contributed by atoms with Crippen molar-refractivity contribution in [2.24, 2.45) is 0 Å². The minimum absolute atomic E-state index is 0.272. The summed E-state index contributed by atoms with van der Waals surface area (Å²) < 4.78 is 4.89. The Morgan fingerprint density at radius 1 is 0.889 bits per heavy atom. The summed E-state index contributed by atoms with van der Waals surface area (Å²) in [5, 5.41) is 2.30. The van der Waals surface area contributed by atoms with Crippen molar-refractivity contribution in [2.45, 2.75) is 0 Å². The maximum Gasteiger partial charge on any atom is 0.0990 e. The first-order valence-corrected chi connectivity index (χ1v) is 12.6. The molecule has 0 aromatic carbocycles. The van der Waals surface area contributed by atoms with Crippen LogP contribution < -0.4 is 0 Å². The average Bonchev–Trinajstić information content (AvgIpc) is 1.83. The van der Waals surface area contributed by atoms with Gasteiger partial charge in [-0.3, -0.25) is 9.35 Å². The molecular formula is C3H15N3Si3. The largest absolute Gasteiger partial charge is 0.265 e. The van der Waals surface area contributed by atoms with E-state index in [1.807, 2.05) is 0 Å². The first-order valence-electron chi connectivity index (χ1n) is 3.37. The molecule has 0 aromatic rings. The summed E-state index contributed by atoms with van der Waals surface area (Å²) >= 11 is 0. The van der Waals surface area contributed by atoms with Gasteiger partial charge < -0.3 is 0 Å². The van der Waals surface area contributed by atoms with E-state index in [2.05, 4.69) is 35.6 Å². The quantitative estimate of drug-likeness (QED) is 0.361. The maximum absolute atomic E-state index is 2.45. The van der Waals surface area contributed by atoms with Crippen LogP contribution in [0.25, 0.3) is 0 Å². The van der Waals surface area contributed by atoms with Crippen LogP contribution in [0.2, 0.25) is 0 Å². The minimum atomic E-state index is 0.272. The molecule has 0 N–H and O–H groups in total. The molecule has 0 unspecified atom stereocenters. The molecule has 0 aromatic heterocycles. The van der Waals surface area contributed by atoms with E-state index in [-0.39, 0.29) is 18.4 Å². The van der Waals surface area contributed by atoms with E-state index in [0.717, 1.165) is 0 Å². The van der Waals surface area contributed by atoms with Crippen molar-refractivity contribution in [2.75, 3.05) is 21.1 Å². The van der Waals surface area contributed by atoms with Crippen LogP contribution in [0.4, 0.5) is 0 Å². The summed E-state index contributed by atoms with van der Waals surface area (Å²) in [6.07, 6.45) is 0. The second-order valence-corrected chi connectivity index (χ2v) is 17.2. The number of nitrogens with zero attached hydrogens (tertiary/aromatic N) is 3. The van der Waals surface area contributed by atoms with Gasteiger partial charge in [0.15, 0.2) is 0 Å². The molecule has 0 aliphatic carbocycles. The molecule has 9 heavy (non-hydrogen) atoms. The van der Waals surface area contributed by atoms with Gasteiger partial charge in [-0.15, -0.1) is 0 Å². The Labute approximate surface area is 63.1 Å². The van der Waals surface area contributed by atoms with E-state index in [4.69, 9.17) is 0 Å². The monoisotopic (exact) mass is 177 g/mol. The van der Waals surface area contributed by atoms with Crippen LogP contribution >= 0.6 is 0 Å². The van der Waals surface area contributed by atoms with E-state index >= 15 is 0 Å². The fourth-order valence-corrected chi connectivity index (χ4v) is 17.7. The average molecular weight is 177 g/mol. The first-order chi connectivity index (χ1) is 4.22. The zero-order valence-corrected chi connectivity index (χ0v) is 10.7. The van der Waals surface area contributed by atoms with Crippen molar-refractivity contribution in [3.05, 3.63) is 0 Å². The molecule has 0 amide bonds. The summed E-state index contributed by atoms with van der Waals surface area (Å²) in [6, 6.07) is 0. The highest BCUT2D eigenvalue weighted by Gasteiger charge is 2.16. The van der Waals surface area contributed by atoms with E-state index in [1.54, 1.807) is 0 Å². The summed E-state index contributed by atoms with van der Waals surface area (Å²) in [6.45, 7) is 0. The minimum Gasteiger partial charge on any atom is -0.265 e. The molecule has 0 spiro atoms. The molecule has 1 rings (SSSR count). The van der Waals surface area contributed by atoms with Gasteiger partial charge in [0, 0.05) is 15.6 Å². The predicted molar refractivity (Wildman–Crippen MR) is 48.9 cm³/mol. The highest BCUT2D eigenvalue weighted by molar-refractivity contribution is 7.28. The van der Waals surface area contributed by atoms with Crippen molar-refractivity contribution in [1.29, 1.82) is 0 Å². The lowest BCUT2D eigenvalue weighted by Crippen LogP contribution is -2.59. The Hall–Kier alpha value is 0.531. The van der Waals surface area contributed by atoms with Crippen LogP contribution in [-0.2, 0) is 0 Å². The smallest absolute Gasteiger partial charge is 0.0990 e. The second kappa shape index (κ2) is 3.08. The van der Waals surface area contributed by atoms with Gasteiger partial charge in [-0.1, -0.05) is 0 Å². The first kappa shape index (κ1) is 7.64. The Bertz CT molecular complexity index is 90.3. The highest BCUT2D eigenvalue weighted by Crippen LogP contribution is 1.95. The van der Waals surface area contributed by atoms with Crippen LogP contribution in [0.1, 0.15) is 0 Å². The summed E-state index contributed by atoms with van der Waals surface area (Å²) in [5.74, 6) is 0. The lowest BCUT2D eigenvalue weighted by Gasteiger charge is -2.40. The van der Waals surface area contributed by atoms with Crippen LogP contribution in [0, 0.1) is 0 Å². The fourth-order valence-electron chi connectivity index (χ4n) is 1.08. The molecule has 1 fully saturated rings. The Balaban J connectivity index is 2.41. The second-order valence-electron chi connectivity index (χ2n) is 2.61. The van der Waals surface area contributed by atoms with Crippen molar-refractivity contribution < 1.29 is 0 Å². The van der Waals surface area contributed by atoms with Gasteiger partial charge in [-0.2, -0.15) is 5.12 Å². The predicted octanol–water partition coefficient (Wildman–Crippen LogP) is -3.21. The molecule has 0 radical (unpaired) electrons. The summed E-state index contributed by atoms with van der Waals surface area (Å²) in [7, 11) is 7.64. The number of hydrogen-bond acceptors (Lipinski definition) is 3. The van der Waals surface area contributed by atoms with Crippen molar-refractivity contribution in [3.63, 3.8) is 0 Å². The van der Waals surface area contributed by atoms with Gasteiger partial charge in [-0.25, -0.2) is 0 Å². The third-order valence-corrected chi connectivity index (χ3v) is 16.2. The molecule has 54 valence electrons. The molecule has 1 heterocycles. The zero-order valence-electron chi connectivity index (χ0n) is 6.46. The van der Waals surface area contributed by atoms with Crippen molar-refractivity contribution >= 4 is 27.0 Å². The number of rotatable bonds is 0. The molecule has 0 saturated carbocycles. The van der Waals surface area contributed by atoms with Crippen molar-refractivity contribution in [1.82, 2.24) is 14.5 Å². The Morgan fingerprint density at radius 3 is 1.67 bits per heavy atom. The zero-order chi connectivity index (χ0) is 6.85. The Kier molecular flexibility index (Phi) is 2.61. The number of hydrogen-bond donors (Lipinski definition) is 0. The molecular weight excluding hydrogens is 162 g/mol. The standard InChI is InChI=1S/C3H15N3Si3/c1-4-5(2)7-9-8-6(4)3/h7-9H2,1-3H3. The highest BCUT2D eigenvalue weighted by atomic mass is 29.5. The molecule has 0 bridgehead atoms. The normalized spacial score (nSPS) is 35.0. The van der Waals surface area contributed by atoms with Crippen LogP contribution in [0.3, 0.4) is 0 Å². The molecule has 1 aliphatic rings. The molecule has 0 atom stereocenters. The maximum atomic E-state index is 2.45. The fraction of sp³-hybridized carbons (Fsp3) is 1.00. The molecule has 1 aliphatic heterocycles. The van der Waals surface area contributed by atoms with E-state index in [0.29, 0.717) is 8.55 Å². The van der Waals surface area contributed by atoms with Gasteiger partial charge in [0.2, 0.25) is 0 Å². The molecule has 6 heteroatoms. The van der Waals surface area contributed by atoms with Gasteiger partial charge in [0.25, 0.3) is 0 Å². The van der Waals surface area contributed by atoms with Gasteiger partial charge in [-0.05, 0) is 14.1 Å². The van der Waals surface area contributed by atoms with E-state index < -0.39 is 0 Å². The van der Waals surface area contributed by atoms with Gasteiger partial charge >= 0.3 is 0 Å². The van der Waals surface area contributed by atoms with Crippen LogP contribution in [0.15, 0.2) is 0 Å².